The number of imide groups is 1. The van der Waals surface area contributed by atoms with Crippen molar-refractivity contribution in [3.8, 4) is 0 Å². The van der Waals surface area contributed by atoms with Gasteiger partial charge in [0.25, 0.3) is 0 Å². The molecule has 0 aliphatic heterocycles. The average Bonchev–Trinajstić information content (AvgIpc) is 2.13. The third kappa shape index (κ3) is 8.55. The molecule has 3 amide bonds. The first kappa shape index (κ1) is 15.2. The molecule has 0 heterocycles. The summed E-state index contributed by atoms with van der Waals surface area (Å²) in [4.78, 5) is 22.5. The van der Waals surface area contributed by atoms with Crippen molar-refractivity contribution in [2.24, 2.45) is 5.73 Å². The highest BCUT2D eigenvalue weighted by Gasteiger charge is 2.10. The molecule has 0 radical (unpaired) electrons. The van der Waals surface area contributed by atoms with E-state index in [4.69, 9.17) is 5.73 Å². The molecule has 16 heavy (non-hydrogen) atoms. The fraction of sp³-hybridized carbons (Fsp3) is 0.800. The number of nitrogens with two attached hydrogens (primary N) is 1. The Kier molecular flexibility index (Phi) is 8.01. The van der Waals surface area contributed by atoms with E-state index in [1.165, 1.54) is 11.8 Å². The summed E-state index contributed by atoms with van der Waals surface area (Å²) < 4.78 is 0. The lowest BCUT2D eigenvalue weighted by Crippen LogP contribution is -2.43. The molecule has 0 bridgehead atoms. The van der Waals surface area contributed by atoms with Crippen molar-refractivity contribution in [2.75, 3.05) is 12.3 Å². The van der Waals surface area contributed by atoms with Crippen LogP contribution in [0.3, 0.4) is 0 Å². The van der Waals surface area contributed by atoms with Gasteiger partial charge in [-0.1, -0.05) is 6.92 Å². The van der Waals surface area contributed by atoms with Gasteiger partial charge in [-0.25, -0.2) is 4.79 Å². The first-order valence-electron chi connectivity index (χ1n) is 5.37. The van der Waals surface area contributed by atoms with Gasteiger partial charge in [-0.15, -0.1) is 11.8 Å². The van der Waals surface area contributed by atoms with E-state index in [1.54, 1.807) is 0 Å². The van der Waals surface area contributed by atoms with Gasteiger partial charge < -0.3 is 11.1 Å². The van der Waals surface area contributed by atoms with Crippen LogP contribution in [-0.2, 0) is 4.79 Å². The topological polar surface area (TPSA) is 84.2 Å². The van der Waals surface area contributed by atoms with Crippen LogP contribution in [0.5, 0.6) is 0 Å². The molecule has 94 valence electrons. The highest BCUT2D eigenvalue weighted by atomic mass is 32.2. The Labute approximate surface area is 101 Å². The third-order valence-electron chi connectivity index (χ3n) is 1.74. The molecule has 0 aromatic heterocycles. The Bertz CT molecular complexity index is 234. The number of urea groups is 1. The Morgan fingerprint density at radius 2 is 1.94 bits per heavy atom. The number of amides is 3. The maximum absolute atomic E-state index is 11.3. The molecular formula is C10H21N3O2S. The Morgan fingerprint density at radius 3 is 2.44 bits per heavy atom. The molecule has 0 aliphatic rings. The largest absolute Gasteiger partial charge is 0.336 e. The van der Waals surface area contributed by atoms with E-state index in [9.17, 15) is 9.59 Å². The average molecular weight is 247 g/mol. The molecule has 1 unspecified atom stereocenters. The summed E-state index contributed by atoms with van der Waals surface area (Å²) in [5.74, 6) is 0.0131. The molecular weight excluding hydrogens is 226 g/mol. The second-order valence-electron chi connectivity index (χ2n) is 3.88. The third-order valence-corrected chi connectivity index (χ3v) is 2.98. The molecule has 5 nitrogen and oxygen atoms in total. The molecule has 0 saturated carbocycles. The van der Waals surface area contributed by atoms with Crippen molar-refractivity contribution in [3.63, 3.8) is 0 Å². The van der Waals surface area contributed by atoms with Crippen LogP contribution in [0, 0.1) is 0 Å². The van der Waals surface area contributed by atoms with Gasteiger partial charge in [0.1, 0.15) is 0 Å². The summed E-state index contributed by atoms with van der Waals surface area (Å²) in [5.41, 5.74) is 5.39. The summed E-state index contributed by atoms with van der Waals surface area (Å²) in [6.45, 7) is 6.30. The zero-order valence-electron chi connectivity index (χ0n) is 10.1. The summed E-state index contributed by atoms with van der Waals surface area (Å²) in [5, 5.41) is 5.19. The van der Waals surface area contributed by atoms with Crippen LogP contribution >= 0.6 is 11.8 Å². The van der Waals surface area contributed by atoms with Crippen molar-refractivity contribution >= 4 is 23.7 Å². The minimum Gasteiger partial charge on any atom is -0.336 e. The number of hydrogen-bond acceptors (Lipinski definition) is 4. The van der Waals surface area contributed by atoms with Crippen LogP contribution < -0.4 is 16.4 Å². The Balaban J connectivity index is 3.70. The van der Waals surface area contributed by atoms with Gasteiger partial charge in [-0.05, 0) is 26.8 Å². The SMILES string of the molecule is CC(C)NC(=O)NC(=O)CSC(C)CCN. The summed E-state index contributed by atoms with van der Waals surface area (Å²) in [7, 11) is 0. The van der Waals surface area contributed by atoms with Crippen molar-refractivity contribution in [1.82, 2.24) is 10.6 Å². The molecule has 0 aromatic carbocycles. The van der Waals surface area contributed by atoms with Crippen molar-refractivity contribution < 1.29 is 9.59 Å². The van der Waals surface area contributed by atoms with E-state index < -0.39 is 6.03 Å². The van der Waals surface area contributed by atoms with Crippen LogP contribution in [0.15, 0.2) is 0 Å². The molecule has 0 spiro atoms. The smallest absolute Gasteiger partial charge is 0.321 e. The van der Waals surface area contributed by atoms with Crippen LogP contribution in [0.25, 0.3) is 0 Å². The molecule has 0 aromatic rings. The van der Waals surface area contributed by atoms with E-state index in [1.807, 2.05) is 20.8 Å². The quantitative estimate of drug-likeness (QED) is 0.645. The minimum absolute atomic E-state index is 0.0246. The second-order valence-corrected chi connectivity index (χ2v) is 5.30. The zero-order chi connectivity index (χ0) is 12.6. The summed E-state index contributed by atoms with van der Waals surface area (Å²) >= 11 is 1.50. The van der Waals surface area contributed by atoms with Gasteiger partial charge >= 0.3 is 6.03 Å². The molecule has 0 saturated heterocycles. The number of rotatable bonds is 6. The fourth-order valence-corrected chi connectivity index (χ4v) is 1.81. The molecule has 0 aliphatic carbocycles. The molecule has 6 heteroatoms. The van der Waals surface area contributed by atoms with E-state index in [0.717, 1.165) is 6.42 Å². The first-order valence-corrected chi connectivity index (χ1v) is 6.42. The first-order chi connectivity index (χ1) is 7.45. The summed E-state index contributed by atoms with van der Waals surface area (Å²) in [6, 6.07) is -0.413. The zero-order valence-corrected chi connectivity index (χ0v) is 10.9. The normalized spacial score (nSPS) is 12.3. The van der Waals surface area contributed by atoms with Gasteiger partial charge in [-0.3, -0.25) is 10.1 Å². The number of carbonyl (C=O) groups is 2. The van der Waals surface area contributed by atoms with E-state index in [-0.39, 0.29) is 17.7 Å². The van der Waals surface area contributed by atoms with E-state index >= 15 is 0 Å². The number of nitrogens with one attached hydrogen (secondary N) is 2. The van der Waals surface area contributed by atoms with Crippen LogP contribution in [0.1, 0.15) is 27.2 Å². The van der Waals surface area contributed by atoms with Gasteiger partial charge in [0.2, 0.25) is 5.91 Å². The standard InChI is InChI=1S/C10H21N3O2S/c1-7(2)12-10(15)13-9(14)6-16-8(3)4-5-11/h7-8H,4-6,11H2,1-3H3,(H2,12,13,14,15). The number of thioether (sulfide) groups is 1. The predicted octanol–water partition coefficient (Wildman–Crippen LogP) is 0.691. The van der Waals surface area contributed by atoms with Crippen molar-refractivity contribution in [3.05, 3.63) is 0 Å². The van der Waals surface area contributed by atoms with Gasteiger partial charge in [0.15, 0.2) is 0 Å². The number of hydrogen-bond donors (Lipinski definition) is 3. The predicted molar refractivity (Wildman–Crippen MR) is 67.4 cm³/mol. The van der Waals surface area contributed by atoms with Gasteiger partial charge in [0, 0.05) is 11.3 Å². The van der Waals surface area contributed by atoms with Gasteiger partial charge in [-0.2, -0.15) is 0 Å². The van der Waals surface area contributed by atoms with Crippen LogP contribution in [-0.4, -0.2) is 35.5 Å². The maximum Gasteiger partial charge on any atom is 0.321 e. The monoisotopic (exact) mass is 247 g/mol. The fourth-order valence-electron chi connectivity index (χ4n) is 0.997. The van der Waals surface area contributed by atoms with Crippen LogP contribution in [0.2, 0.25) is 0 Å². The molecule has 4 N–H and O–H groups in total. The van der Waals surface area contributed by atoms with Gasteiger partial charge in [0.05, 0.1) is 5.75 Å². The lowest BCUT2D eigenvalue weighted by Gasteiger charge is -2.11. The van der Waals surface area contributed by atoms with Crippen LogP contribution in [0.4, 0.5) is 4.79 Å². The highest BCUT2D eigenvalue weighted by Crippen LogP contribution is 2.12. The number of carbonyl (C=O) groups excluding carboxylic acids is 2. The lowest BCUT2D eigenvalue weighted by molar-refractivity contribution is -0.117. The van der Waals surface area contributed by atoms with Crippen molar-refractivity contribution in [2.45, 2.75) is 38.5 Å². The minimum atomic E-state index is -0.438. The lowest BCUT2D eigenvalue weighted by atomic mass is 10.3. The van der Waals surface area contributed by atoms with E-state index in [2.05, 4.69) is 10.6 Å². The van der Waals surface area contributed by atoms with E-state index in [0.29, 0.717) is 11.8 Å². The molecule has 0 fully saturated rings. The van der Waals surface area contributed by atoms with Crippen molar-refractivity contribution in [1.29, 1.82) is 0 Å². The summed E-state index contributed by atoms with van der Waals surface area (Å²) in [6.07, 6.45) is 0.871. The highest BCUT2D eigenvalue weighted by molar-refractivity contribution is 8.00. The Morgan fingerprint density at radius 1 is 1.31 bits per heavy atom. The molecule has 0 rings (SSSR count). The molecule has 1 atom stereocenters. The second kappa shape index (κ2) is 8.41. The Hall–Kier alpha value is -0.750. The maximum atomic E-state index is 11.3.